The second-order valence-corrected chi connectivity index (χ2v) is 1.95. The Balaban J connectivity index is 2.28. The second-order valence-electron chi connectivity index (χ2n) is 1.95. The van der Waals surface area contributed by atoms with Gasteiger partial charge in [-0.05, 0) is 23.3 Å². The average Bonchev–Trinajstić information content (AvgIpc) is 2.49. The Morgan fingerprint density at radius 1 is 1.50 bits per heavy atom. The van der Waals surface area contributed by atoms with Gasteiger partial charge in [-0.25, -0.2) is 4.68 Å². The van der Waals surface area contributed by atoms with Crippen molar-refractivity contribution in [1.82, 2.24) is 20.2 Å². The quantitative estimate of drug-likeness (QED) is 0.502. The topological polar surface area (TPSA) is 43.6 Å². The number of tetrazole rings is 1. The minimum absolute atomic E-state index is 0.560. The van der Waals surface area contributed by atoms with Crippen LogP contribution < -0.4 is 0 Å². The fourth-order valence-corrected chi connectivity index (χ4v) is 0.623. The zero-order chi connectivity index (χ0) is 5.40. The summed E-state index contributed by atoms with van der Waals surface area (Å²) in [6.07, 6.45) is 5.06. The summed E-state index contributed by atoms with van der Waals surface area (Å²) in [6.45, 7) is 0. The molecule has 1 heterocycles. The minimum Gasteiger partial charge on any atom is -0.220 e. The lowest BCUT2D eigenvalue weighted by Crippen LogP contribution is -1.93. The van der Waals surface area contributed by atoms with Crippen LogP contribution in [0.2, 0.25) is 0 Å². The van der Waals surface area contributed by atoms with Crippen molar-refractivity contribution in [1.29, 1.82) is 0 Å². The lowest BCUT2D eigenvalue weighted by molar-refractivity contribution is 0.606. The molecule has 0 N–H and O–H groups in total. The van der Waals surface area contributed by atoms with E-state index >= 15 is 0 Å². The van der Waals surface area contributed by atoms with Gasteiger partial charge >= 0.3 is 0 Å². The van der Waals surface area contributed by atoms with E-state index in [1.54, 1.807) is 4.68 Å². The first-order valence-corrected chi connectivity index (χ1v) is 2.62. The Bertz CT molecular complexity index is 164. The van der Waals surface area contributed by atoms with Gasteiger partial charge in [0.2, 0.25) is 6.33 Å². The number of nitrogens with zero attached hydrogens (tertiary/aromatic N) is 4. The summed E-state index contributed by atoms with van der Waals surface area (Å²) >= 11 is 0. The van der Waals surface area contributed by atoms with Gasteiger partial charge in [-0.15, -0.1) is 5.10 Å². The predicted octanol–water partition coefficient (Wildman–Crippen LogP) is -0.192. The average molecular weight is 109 g/mol. The molecule has 1 aromatic heterocycles. The van der Waals surface area contributed by atoms with E-state index in [1.807, 2.05) is 0 Å². The van der Waals surface area contributed by atoms with Gasteiger partial charge < -0.3 is 0 Å². The molecule has 0 spiro atoms. The molecule has 41 valence electrons. The van der Waals surface area contributed by atoms with Gasteiger partial charge in [-0.3, -0.25) is 0 Å². The maximum absolute atomic E-state index is 3.68. The fraction of sp³-hybridized carbons (Fsp3) is 0.750. The van der Waals surface area contributed by atoms with Crippen molar-refractivity contribution in [2.45, 2.75) is 18.9 Å². The molecular formula is C4H5N4. The fourth-order valence-electron chi connectivity index (χ4n) is 0.623. The highest BCUT2D eigenvalue weighted by Crippen LogP contribution is 2.32. The Morgan fingerprint density at radius 2 is 2.38 bits per heavy atom. The Morgan fingerprint density at radius 3 is 2.88 bits per heavy atom. The first-order valence-electron chi connectivity index (χ1n) is 2.62. The van der Waals surface area contributed by atoms with Crippen LogP contribution in [0, 0.1) is 6.33 Å². The summed E-state index contributed by atoms with van der Waals surface area (Å²) < 4.78 is 1.68. The van der Waals surface area contributed by atoms with Crippen LogP contribution in [0.1, 0.15) is 18.9 Å². The Labute approximate surface area is 46.5 Å². The molecule has 0 saturated heterocycles. The number of hydrogen-bond acceptors (Lipinski definition) is 3. The van der Waals surface area contributed by atoms with Crippen LogP contribution in [0.3, 0.4) is 0 Å². The molecule has 8 heavy (non-hydrogen) atoms. The predicted molar refractivity (Wildman–Crippen MR) is 24.9 cm³/mol. The molecule has 1 fully saturated rings. The molecule has 1 aliphatic carbocycles. The number of hydrogen-bond donors (Lipinski definition) is 0. The normalized spacial score (nSPS) is 19.0. The van der Waals surface area contributed by atoms with Crippen LogP contribution in [0.15, 0.2) is 0 Å². The molecule has 1 aliphatic rings. The lowest BCUT2D eigenvalue weighted by atomic mass is 10.7. The highest BCUT2D eigenvalue weighted by Gasteiger charge is 2.24. The van der Waals surface area contributed by atoms with E-state index in [-0.39, 0.29) is 0 Å². The summed E-state index contributed by atoms with van der Waals surface area (Å²) in [4.78, 5) is 0. The molecule has 0 aromatic carbocycles. The first-order chi connectivity index (χ1) is 3.97. The molecule has 0 aliphatic heterocycles. The maximum Gasteiger partial charge on any atom is 0.221 e. The summed E-state index contributed by atoms with van der Waals surface area (Å²) in [5.74, 6) is 0. The number of rotatable bonds is 1. The second kappa shape index (κ2) is 1.27. The van der Waals surface area contributed by atoms with E-state index < -0.39 is 0 Å². The van der Waals surface area contributed by atoms with Gasteiger partial charge in [-0.2, -0.15) is 0 Å². The molecule has 4 heteroatoms. The zero-order valence-corrected chi connectivity index (χ0v) is 4.28. The van der Waals surface area contributed by atoms with Crippen molar-refractivity contribution < 1.29 is 0 Å². The maximum atomic E-state index is 3.68. The van der Waals surface area contributed by atoms with Gasteiger partial charge in [0.25, 0.3) is 0 Å². The smallest absolute Gasteiger partial charge is 0.220 e. The third-order valence-electron chi connectivity index (χ3n) is 1.22. The van der Waals surface area contributed by atoms with Crippen molar-refractivity contribution in [2.24, 2.45) is 0 Å². The van der Waals surface area contributed by atoms with Crippen LogP contribution >= 0.6 is 0 Å². The molecule has 4 nitrogen and oxygen atoms in total. The van der Waals surface area contributed by atoms with E-state index in [2.05, 4.69) is 21.9 Å². The molecule has 2 rings (SSSR count). The highest BCUT2D eigenvalue weighted by atomic mass is 15.5. The summed E-state index contributed by atoms with van der Waals surface area (Å²) in [6, 6.07) is 0.560. The van der Waals surface area contributed by atoms with Crippen LogP contribution in [-0.4, -0.2) is 20.2 Å². The highest BCUT2D eigenvalue weighted by molar-refractivity contribution is 4.77. The van der Waals surface area contributed by atoms with Gasteiger partial charge in [0.15, 0.2) is 0 Å². The van der Waals surface area contributed by atoms with Crippen molar-refractivity contribution in [2.75, 3.05) is 0 Å². The van der Waals surface area contributed by atoms with Gasteiger partial charge in [0.1, 0.15) is 0 Å². The third-order valence-corrected chi connectivity index (χ3v) is 1.22. The van der Waals surface area contributed by atoms with Crippen molar-refractivity contribution in [3.8, 4) is 0 Å². The zero-order valence-electron chi connectivity index (χ0n) is 4.28. The van der Waals surface area contributed by atoms with Crippen molar-refractivity contribution >= 4 is 0 Å². The van der Waals surface area contributed by atoms with Crippen LogP contribution in [0.4, 0.5) is 0 Å². The van der Waals surface area contributed by atoms with Gasteiger partial charge in [-0.1, -0.05) is 0 Å². The SMILES string of the molecule is [c]1nnnn1C1CC1. The molecule has 0 unspecified atom stereocenters. The standard InChI is InChI=1S/C4H5N4/c1-2-4(1)8-3-5-6-7-8/h4H,1-2H2. The van der Waals surface area contributed by atoms with Crippen molar-refractivity contribution in [3.63, 3.8) is 0 Å². The molecule has 1 saturated carbocycles. The number of aromatic nitrogens is 4. The van der Waals surface area contributed by atoms with Gasteiger partial charge in [0.05, 0.1) is 6.04 Å². The molecule has 0 amide bonds. The Hall–Kier alpha value is -0.930. The summed E-state index contributed by atoms with van der Waals surface area (Å²) in [7, 11) is 0. The first kappa shape index (κ1) is 4.00. The van der Waals surface area contributed by atoms with Gasteiger partial charge in [0, 0.05) is 0 Å². The monoisotopic (exact) mass is 109 g/mol. The third kappa shape index (κ3) is 0.492. The van der Waals surface area contributed by atoms with E-state index in [1.165, 1.54) is 12.8 Å². The summed E-state index contributed by atoms with van der Waals surface area (Å²) in [5, 5.41) is 10.5. The minimum atomic E-state index is 0.560. The van der Waals surface area contributed by atoms with E-state index in [4.69, 9.17) is 0 Å². The molecule has 0 atom stereocenters. The molecule has 0 bridgehead atoms. The molecule has 1 aromatic rings. The van der Waals surface area contributed by atoms with Crippen LogP contribution in [-0.2, 0) is 0 Å². The van der Waals surface area contributed by atoms with Crippen LogP contribution in [0.25, 0.3) is 0 Å². The largest absolute Gasteiger partial charge is 0.221 e. The van der Waals surface area contributed by atoms with E-state index in [0.29, 0.717) is 6.04 Å². The summed E-state index contributed by atoms with van der Waals surface area (Å²) in [5.41, 5.74) is 0. The molecule has 1 radical (unpaired) electrons. The Kier molecular flexibility index (Phi) is 0.637. The van der Waals surface area contributed by atoms with E-state index in [0.717, 1.165) is 0 Å². The molecular weight excluding hydrogens is 104 g/mol. The van der Waals surface area contributed by atoms with Crippen molar-refractivity contribution in [3.05, 3.63) is 6.33 Å². The lowest BCUT2D eigenvalue weighted by Gasteiger charge is -1.85. The van der Waals surface area contributed by atoms with E-state index in [9.17, 15) is 0 Å². The van der Waals surface area contributed by atoms with Crippen LogP contribution in [0.5, 0.6) is 0 Å².